The van der Waals surface area contributed by atoms with Crippen molar-refractivity contribution in [2.45, 2.75) is 39.0 Å². The Labute approximate surface area is 129 Å². The summed E-state index contributed by atoms with van der Waals surface area (Å²) >= 11 is 1.65. The first-order chi connectivity index (χ1) is 10.2. The van der Waals surface area contributed by atoms with E-state index in [1.54, 1.807) is 17.5 Å². The average molecular weight is 303 g/mol. The highest BCUT2D eigenvalue weighted by atomic mass is 32.1. The van der Waals surface area contributed by atoms with Crippen molar-refractivity contribution >= 4 is 17.2 Å². The van der Waals surface area contributed by atoms with Crippen LogP contribution >= 0.6 is 11.3 Å². The second kappa shape index (κ2) is 6.02. The van der Waals surface area contributed by atoms with Gasteiger partial charge in [-0.2, -0.15) is 5.10 Å². The highest BCUT2D eigenvalue weighted by Gasteiger charge is 2.27. The normalized spacial score (nSPS) is 19.0. The summed E-state index contributed by atoms with van der Waals surface area (Å²) in [6, 6.07) is 4.06. The van der Waals surface area contributed by atoms with Crippen LogP contribution in [0.1, 0.15) is 51.5 Å². The number of aromatic nitrogens is 2. The molecule has 2 aromatic rings. The molecule has 3 rings (SSSR count). The molecule has 1 aliphatic heterocycles. The van der Waals surface area contributed by atoms with E-state index in [-0.39, 0.29) is 5.91 Å². The lowest BCUT2D eigenvalue weighted by Gasteiger charge is -2.32. The molecule has 0 saturated carbocycles. The molecule has 4 nitrogen and oxygen atoms in total. The van der Waals surface area contributed by atoms with Gasteiger partial charge < -0.3 is 4.90 Å². The van der Waals surface area contributed by atoms with Gasteiger partial charge in [0.25, 0.3) is 5.91 Å². The van der Waals surface area contributed by atoms with E-state index in [0.29, 0.717) is 5.92 Å². The number of rotatable bonds is 3. The maximum absolute atomic E-state index is 12.7. The number of aryl methyl sites for hydroxylation is 2. The van der Waals surface area contributed by atoms with Crippen LogP contribution in [0.2, 0.25) is 0 Å². The number of piperidine rings is 1. The standard InChI is InChI=1S/C16H21N3OS/c1-3-14-11(2)9-15(21-14)16(20)19-8-4-5-12(10-19)13-6-7-17-18-13/h6-7,9,12H,3-5,8,10H2,1-2H3,(H,17,18). The van der Waals surface area contributed by atoms with Crippen LogP contribution in [0.4, 0.5) is 0 Å². The van der Waals surface area contributed by atoms with Crippen LogP contribution in [0, 0.1) is 6.92 Å². The van der Waals surface area contributed by atoms with Crippen molar-refractivity contribution in [2.75, 3.05) is 13.1 Å². The average Bonchev–Trinajstić information content (AvgIpc) is 3.16. The van der Waals surface area contributed by atoms with Crippen molar-refractivity contribution in [3.63, 3.8) is 0 Å². The van der Waals surface area contributed by atoms with Crippen molar-refractivity contribution in [1.82, 2.24) is 15.1 Å². The number of likely N-dealkylation sites (tertiary alicyclic amines) is 1. The van der Waals surface area contributed by atoms with Gasteiger partial charge in [0.1, 0.15) is 0 Å². The number of nitrogens with one attached hydrogen (secondary N) is 1. The lowest BCUT2D eigenvalue weighted by atomic mass is 9.95. The van der Waals surface area contributed by atoms with Crippen molar-refractivity contribution in [2.24, 2.45) is 0 Å². The molecule has 0 bridgehead atoms. The van der Waals surface area contributed by atoms with E-state index in [1.807, 2.05) is 17.0 Å². The molecule has 5 heteroatoms. The third-order valence-corrected chi connectivity index (χ3v) is 5.59. The zero-order chi connectivity index (χ0) is 14.8. The minimum absolute atomic E-state index is 0.187. The van der Waals surface area contributed by atoms with Crippen LogP contribution in [0.5, 0.6) is 0 Å². The van der Waals surface area contributed by atoms with Crippen LogP contribution in [-0.4, -0.2) is 34.1 Å². The fourth-order valence-electron chi connectivity index (χ4n) is 3.04. The third-order valence-electron chi connectivity index (χ3n) is 4.22. The number of hydrogen-bond donors (Lipinski definition) is 1. The fourth-order valence-corrected chi connectivity index (χ4v) is 4.12. The van der Waals surface area contributed by atoms with Gasteiger partial charge in [0.2, 0.25) is 0 Å². The molecule has 0 aromatic carbocycles. The molecule has 0 aliphatic carbocycles. The lowest BCUT2D eigenvalue weighted by Crippen LogP contribution is -2.38. The fraction of sp³-hybridized carbons (Fsp3) is 0.500. The van der Waals surface area contributed by atoms with Gasteiger partial charge >= 0.3 is 0 Å². The molecular formula is C16H21N3OS. The quantitative estimate of drug-likeness (QED) is 0.945. The number of thiophene rings is 1. The van der Waals surface area contributed by atoms with Gasteiger partial charge in [0.15, 0.2) is 0 Å². The van der Waals surface area contributed by atoms with Crippen molar-refractivity contribution in [3.05, 3.63) is 39.3 Å². The molecule has 1 unspecified atom stereocenters. The molecule has 1 aliphatic rings. The molecule has 0 radical (unpaired) electrons. The van der Waals surface area contributed by atoms with Crippen LogP contribution in [0.15, 0.2) is 18.3 Å². The highest BCUT2D eigenvalue weighted by molar-refractivity contribution is 7.14. The van der Waals surface area contributed by atoms with Gasteiger partial charge in [0.05, 0.1) is 4.88 Å². The minimum atomic E-state index is 0.187. The van der Waals surface area contributed by atoms with Crippen molar-refractivity contribution < 1.29 is 4.79 Å². The first kappa shape index (κ1) is 14.3. The van der Waals surface area contributed by atoms with E-state index >= 15 is 0 Å². The Morgan fingerprint density at radius 2 is 2.43 bits per heavy atom. The van der Waals surface area contributed by atoms with Crippen molar-refractivity contribution in [3.8, 4) is 0 Å². The molecule has 3 heterocycles. The third kappa shape index (κ3) is 2.88. The van der Waals surface area contributed by atoms with Gasteiger partial charge in [-0.05, 0) is 43.9 Å². The number of H-pyrrole nitrogens is 1. The molecule has 1 saturated heterocycles. The summed E-state index contributed by atoms with van der Waals surface area (Å²) in [7, 11) is 0. The predicted molar refractivity (Wildman–Crippen MR) is 84.9 cm³/mol. The second-order valence-electron chi connectivity index (χ2n) is 5.67. The Bertz CT molecular complexity index is 618. The van der Waals surface area contributed by atoms with Crippen LogP contribution < -0.4 is 0 Å². The molecule has 1 amide bonds. The van der Waals surface area contributed by atoms with Gasteiger partial charge in [-0.1, -0.05) is 6.92 Å². The Kier molecular flexibility index (Phi) is 4.10. The first-order valence-corrected chi connectivity index (χ1v) is 8.38. The van der Waals surface area contributed by atoms with Gasteiger partial charge in [-0.3, -0.25) is 9.89 Å². The summed E-state index contributed by atoms with van der Waals surface area (Å²) in [4.78, 5) is 16.9. The maximum atomic E-state index is 12.7. The van der Waals surface area contributed by atoms with Gasteiger partial charge in [-0.15, -0.1) is 11.3 Å². The Balaban J connectivity index is 1.74. The highest BCUT2D eigenvalue weighted by Crippen LogP contribution is 2.29. The van der Waals surface area contributed by atoms with E-state index < -0.39 is 0 Å². The molecular weight excluding hydrogens is 282 g/mol. The number of carbonyl (C=O) groups is 1. The lowest BCUT2D eigenvalue weighted by molar-refractivity contribution is 0.0710. The van der Waals surface area contributed by atoms with Crippen LogP contribution in [0.25, 0.3) is 0 Å². The second-order valence-corrected chi connectivity index (χ2v) is 6.81. The maximum Gasteiger partial charge on any atom is 0.263 e. The summed E-state index contributed by atoms with van der Waals surface area (Å²) in [5.41, 5.74) is 2.39. The predicted octanol–water partition coefficient (Wildman–Crippen LogP) is 3.36. The SMILES string of the molecule is CCc1sc(C(=O)N2CCCC(c3ccn[nH]3)C2)cc1C. The van der Waals surface area contributed by atoms with Gasteiger partial charge in [0, 0.05) is 35.8 Å². The number of aromatic amines is 1. The summed E-state index contributed by atoms with van der Waals surface area (Å²) in [5.74, 6) is 0.573. The molecule has 1 N–H and O–H groups in total. The van der Waals surface area contributed by atoms with Crippen molar-refractivity contribution in [1.29, 1.82) is 0 Å². The van der Waals surface area contributed by atoms with Crippen LogP contribution in [0.3, 0.4) is 0 Å². The zero-order valence-corrected chi connectivity index (χ0v) is 13.4. The monoisotopic (exact) mass is 303 g/mol. The topological polar surface area (TPSA) is 49.0 Å². The number of carbonyl (C=O) groups excluding carboxylic acids is 1. The summed E-state index contributed by atoms with van der Waals surface area (Å²) in [6.45, 7) is 5.89. The number of hydrogen-bond acceptors (Lipinski definition) is 3. The molecule has 2 aromatic heterocycles. The molecule has 0 spiro atoms. The summed E-state index contributed by atoms with van der Waals surface area (Å²) in [5, 5.41) is 7.07. The Morgan fingerprint density at radius 3 is 3.10 bits per heavy atom. The summed E-state index contributed by atoms with van der Waals surface area (Å²) < 4.78 is 0. The number of amides is 1. The van der Waals surface area contributed by atoms with E-state index in [4.69, 9.17) is 0 Å². The van der Waals surface area contributed by atoms with Crippen LogP contribution in [-0.2, 0) is 6.42 Å². The first-order valence-electron chi connectivity index (χ1n) is 7.57. The van der Waals surface area contributed by atoms with E-state index in [2.05, 4.69) is 24.0 Å². The van der Waals surface area contributed by atoms with E-state index in [0.717, 1.165) is 42.9 Å². The minimum Gasteiger partial charge on any atom is -0.337 e. The molecule has 21 heavy (non-hydrogen) atoms. The Hall–Kier alpha value is -1.62. The van der Waals surface area contributed by atoms with E-state index in [1.165, 1.54) is 10.4 Å². The molecule has 1 fully saturated rings. The largest absolute Gasteiger partial charge is 0.337 e. The molecule has 1 atom stereocenters. The summed E-state index contributed by atoms with van der Waals surface area (Å²) in [6.07, 6.45) is 4.96. The van der Waals surface area contributed by atoms with E-state index in [9.17, 15) is 4.79 Å². The zero-order valence-electron chi connectivity index (χ0n) is 12.6. The number of nitrogens with zero attached hydrogens (tertiary/aromatic N) is 2. The Morgan fingerprint density at radius 1 is 1.57 bits per heavy atom. The van der Waals surface area contributed by atoms with Gasteiger partial charge in [-0.25, -0.2) is 0 Å². The smallest absolute Gasteiger partial charge is 0.263 e. The molecule has 112 valence electrons.